The Hall–Kier alpha value is -1.13. The van der Waals surface area contributed by atoms with Crippen molar-refractivity contribution < 1.29 is 4.79 Å². The van der Waals surface area contributed by atoms with Crippen molar-refractivity contribution in [3.63, 3.8) is 0 Å². The number of benzene rings is 1. The molecule has 4 heteroatoms. The van der Waals surface area contributed by atoms with Crippen molar-refractivity contribution >= 4 is 27.5 Å². The van der Waals surface area contributed by atoms with Gasteiger partial charge in [0.1, 0.15) is 0 Å². The number of rotatable bonds is 4. The van der Waals surface area contributed by atoms with E-state index in [1.165, 1.54) is 0 Å². The van der Waals surface area contributed by atoms with Gasteiger partial charge in [-0.3, -0.25) is 4.79 Å². The van der Waals surface area contributed by atoms with E-state index in [1.54, 1.807) is 6.08 Å². The van der Waals surface area contributed by atoms with E-state index < -0.39 is 6.04 Å². The predicted molar refractivity (Wildman–Crippen MR) is 70.3 cm³/mol. The zero-order valence-electron chi connectivity index (χ0n) is 9.16. The molecule has 0 aliphatic carbocycles. The molecule has 0 aliphatic heterocycles. The number of aryl methyl sites for hydroxylation is 1. The second-order valence-electron chi connectivity index (χ2n) is 3.60. The van der Waals surface area contributed by atoms with Crippen molar-refractivity contribution in [2.45, 2.75) is 19.4 Å². The van der Waals surface area contributed by atoms with E-state index in [0.717, 1.165) is 15.7 Å². The quantitative estimate of drug-likeness (QED) is 0.834. The normalized spacial score (nSPS) is 11.9. The van der Waals surface area contributed by atoms with E-state index in [9.17, 15) is 4.79 Å². The van der Waals surface area contributed by atoms with Gasteiger partial charge in [0.05, 0.1) is 11.7 Å². The zero-order valence-corrected chi connectivity index (χ0v) is 10.8. The van der Waals surface area contributed by atoms with Crippen LogP contribution < -0.4 is 11.1 Å². The Balaban J connectivity index is 2.73. The number of amides is 1. The van der Waals surface area contributed by atoms with Crippen LogP contribution in [0, 0.1) is 6.92 Å². The second kappa shape index (κ2) is 5.82. The van der Waals surface area contributed by atoms with Crippen LogP contribution >= 0.6 is 15.9 Å². The van der Waals surface area contributed by atoms with Gasteiger partial charge in [0.15, 0.2) is 0 Å². The Labute approximate surface area is 104 Å². The molecule has 86 valence electrons. The van der Waals surface area contributed by atoms with Crippen molar-refractivity contribution in [1.82, 2.24) is 0 Å². The van der Waals surface area contributed by atoms with Crippen LogP contribution in [0.2, 0.25) is 0 Å². The zero-order chi connectivity index (χ0) is 12.1. The van der Waals surface area contributed by atoms with Gasteiger partial charge in [-0.2, -0.15) is 0 Å². The summed E-state index contributed by atoms with van der Waals surface area (Å²) < 4.78 is 0.853. The van der Waals surface area contributed by atoms with Gasteiger partial charge < -0.3 is 11.1 Å². The van der Waals surface area contributed by atoms with Crippen LogP contribution in [0.5, 0.6) is 0 Å². The minimum absolute atomic E-state index is 0.204. The molecule has 0 fully saturated rings. The van der Waals surface area contributed by atoms with E-state index in [-0.39, 0.29) is 5.91 Å². The second-order valence-corrected chi connectivity index (χ2v) is 4.46. The van der Waals surface area contributed by atoms with E-state index >= 15 is 0 Å². The molecule has 0 saturated carbocycles. The molecule has 0 radical (unpaired) electrons. The highest BCUT2D eigenvalue weighted by atomic mass is 79.9. The maximum absolute atomic E-state index is 11.6. The Morgan fingerprint density at radius 3 is 2.94 bits per heavy atom. The van der Waals surface area contributed by atoms with Gasteiger partial charge in [0, 0.05) is 4.47 Å². The summed E-state index contributed by atoms with van der Waals surface area (Å²) in [6.45, 7) is 5.54. The fourth-order valence-electron chi connectivity index (χ4n) is 1.23. The fraction of sp³-hybridized carbons (Fsp3) is 0.250. The lowest BCUT2D eigenvalue weighted by atomic mass is 10.2. The summed E-state index contributed by atoms with van der Waals surface area (Å²) in [5.41, 5.74) is 7.51. The minimum Gasteiger partial charge on any atom is -0.324 e. The van der Waals surface area contributed by atoms with Crippen molar-refractivity contribution in [1.29, 1.82) is 0 Å². The monoisotopic (exact) mass is 282 g/mol. The topological polar surface area (TPSA) is 55.1 Å². The molecule has 16 heavy (non-hydrogen) atoms. The number of hydrogen-bond acceptors (Lipinski definition) is 2. The maximum atomic E-state index is 11.6. The van der Waals surface area contributed by atoms with Crippen molar-refractivity contribution in [2.24, 2.45) is 5.73 Å². The van der Waals surface area contributed by atoms with Crippen LogP contribution in [0.25, 0.3) is 0 Å². The molecule has 0 bridgehead atoms. The summed E-state index contributed by atoms with van der Waals surface area (Å²) in [5.74, 6) is -0.204. The first-order valence-electron chi connectivity index (χ1n) is 4.98. The molecule has 1 unspecified atom stereocenters. The number of nitrogens with two attached hydrogens (primary N) is 1. The molecule has 1 amide bonds. The van der Waals surface area contributed by atoms with E-state index in [1.807, 2.05) is 25.1 Å². The molecule has 0 saturated heterocycles. The number of carbonyl (C=O) groups excluding carboxylic acids is 1. The lowest BCUT2D eigenvalue weighted by Crippen LogP contribution is -2.35. The molecule has 0 heterocycles. The predicted octanol–water partition coefficient (Wildman–Crippen LogP) is 2.60. The van der Waals surface area contributed by atoms with Crippen LogP contribution in [0.1, 0.15) is 12.0 Å². The highest BCUT2D eigenvalue weighted by Gasteiger charge is 2.12. The summed E-state index contributed by atoms with van der Waals surface area (Å²) >= 11 is 3.39. The van der Waals surface area contributed by atoms with Crippen molar-refractivity contribution in [3.8, 4) is 0 Å². The van der Waals surface area contributed by atoms with Gasteiger partial charge in [0.2, 0.25) is 5.91 Å². The molecule has 3 N–H and O–H groups in total. The summed E-state index contributed by atoms with van der Waals surface area (Å²) in [5, 5.41) is 2.76. The largest absolute Gasteiger partial charge is 0.324 e. The minimum atomic E-state index is -0.550. The average molecular weight is 283 g/mol. The summed E-state index contributed by atoms with van der Waals surface area (Å²) in [4.78, 5) is 11.6. The van der Waals surface area contributed by atoms with Crippen LogP contribution in [-0.2, 0) is 4.79 Å². The number of anilines is 1. The van der Waals surface area contributed by atoms with E-state index in [4.69, 9.17) is 5.73 Å². The lowest BCUT2D eigenvalue weighted by Gasteiger charge is -2.11. The number of halogens is 1. The number of hydrogen-bond donors (Lipinski definition) is 2. The Kier molecular flexibility index (Phi) is 4.71. The van der Waals surface area contributed by atoms with Crippen molar-refractivity contribution in [3.05, 3.63) is 40.9 Å². The van der Waals surface area contributed by atoms with Crippen LogP contribution in [0.3, 0.4) is 0 Å². The first kappa shape index (κ1) is 12.9. The molecule has 1 rings (SSSR count). The fourth-order valence-corrected chi connectivity index (χ4v) is 1.83. The molecule has 0 spiro atoms. The average Bonchev–Trinajstić information content (AvgIpc) is 2.22. The summed E-state index contributed by atoms with van der Waals surface area (Å²) in [7, 11) is 0. The smallest absolute Gasteiger partial charge is 0.241 e. The molecule has 1 aromatic carbocycles. The van der Waals surface area contributed by atoms with E-state index in [2.05, 4.69) is 27.8 Å². The van der Waals surface area contributed by atoms with E-state index in [0.29, 0.717) is 6.42 Å². The van der Waals surface area contributed by atoms with Gasteiger partial charge in [-0.1, -0.05) is 12.1 Å². The van der Waals surface area contributed by atoms with Crippen LogP contribution in [-0.4, -0.2) is 11.9 Å². The molecular formula is C12H15BrN2O. The number of nitrogens with one attached hydrogen (secondary N) is 1. The Morgan fingerprint density at radius 2 is 2.38 bits per heavy atom. The van der Waals surface area contributed by atoms with Gasteiger partial charge >= 0.3 is 0 Å². The summed E-state index contributed by atoms with van der Waals surface area (Å²) in [6.07, 6.45) is 2.10. The molecule has 1 atom stereocenters. The van der Waals surface area contributed by atoms with Crippen molar-refractivity contribution in [2.75, 3.05) is 5.32 Å². The molecule has 0 aromatic heterocycles. The first-order valence-corrected chi connectivity index (χ1v) is 5.77. The highest BCUT2D eigenvalue weighted by Crippen LogP contribution is 2.23. The third-order valence-corrected chi connectivity index (χ3v) is 2.80. The van der Waals surface area contributed by atoms with Crippen LogP contribution in [0.4, 0.5) is 5.69 Å². The first-order chi connectivity index (χ1) is 7.54. The Morgan fingerprint density at radius 1 is 1.69 bits per heavy atom. The lowest BCUT2D eigenvalue weighted by molar-refractivity contribution is -0.117. The van der Waals surface area contributed by atoms with Crippen LogP contribution in [0.15, 0.2) is 35.3 Å². The standard InChI is InChI=1S/C12H15BrN2O/c1-3-4-10(14)12(16)15-11-6-5-8(2)7-9(11)13/h3,5-7,10H,1,4,14H2,2H3,(H,15,16). The highest BCUT2D eigenvalue weighted by molar-refractivity contribution is 9.10. The van der Waals surface area contributed by atoms with Gasteiger partial charge in [-0.25, -0.2) is 0 Å². The maximum Gasteiger partial charge on any atom is 0.241 e. The summed E-state index contributed by atoms with van der Waals surface area (Å²) in [6, 6.07) is 5.16. The molecule has 0 aliphatic rings. The number of carbonyl (C=O) groups is 1. The molecular weight excluding hydrogens is 268 g/mol. The van der Waals surface area contributed by atoms with Gasteiger partial charge in [-0.15, -0.1) is 6.58 Å². The van der Waals surface area contributed by atoms with Gasteiger partial charge in [-0.05, 0) is 47.0 Å². The third-order valence-electron chi connectivity index (χ3n) is 2.14. The SMILES string of the molecule is C=CCC(N)C(=O)Nc1ccc(C)cc1Br. The van der Waals surface area contributed by atoms with Gasteiger partial charge in [0.25, 0.3) is 0 Å². The third kappa shape index (κ3) is 3.47. The molecule has 1 aromatic rings. The Bertz CT molecular complexity index is 404. The molecule has 3 nitrogen and oxygen atoms in total.